The van der Waals surface area contributed by atoms with Crippen LogP contribution in [0.4, 0.5) is 16.6 Å². The molecule has 0 atom stereocenters. The quantitative estimate of drug-likeness (QED) is 0.530. The lowest BCUT2D eigenvalue weighted by Gasteiger charge is -2.35. The zero-order valence-electron chi connectivity index (χ0n) is 20.4. The number of aryl methyl sites for hydroxylation is 1. The maximum atomic E-state index is 11.9. The molecule has 1 aromatic heterocycles. The number of aromatic nitrogens is 2. The minimum absolute atomic E-state index is 0.0256. The summed E-state index contributed by atoms with van der Waals surface area (Å²) in [6, 6.07) is 10.2. The van der Waals surface area contributed by atoms with Crippen molar-refractivity contribution in [1.29, 1.82) is 0 Å². The summed E-state index contributed by atoms with van der Waals surface area (Å²) in [6.45, 7) is 1.29. The summed E-state index contributed by atoms with van der Waals surface area (Å²) in [7, 11) is 4.08. The maximum Gasteiger partial charge on any atom is 0.407 e. The Balaban J connectivity index is 1.28. The number of fused-ring (bicyclic) bond motifs is 1. The molecule has 1 aromatic carbocycles. The van der Waals surface area contributed by atoms with E-state index in [0.29, 0.717) is 25.7 Å². The Morgan fingerprint density at radius 3 is 2.53 bits per heavy atom. The number of nitrogens with zero attached hydrogens (tertiary/aromatic N) is 4. The van der Waals surface area contributed by atoms with Gasteiger partial charge in [0.2, 0.25) is 5.95 Å². The number of hydrogen-bond donors (Lipinski definition) is 2. The van der Waals surface area contributed by atoms with Crippen LogP contribution in [0.25, 0.3) is 0 Å². The van der Waals surface area contributed by atoms with Gasteiger partial charge in [0.25, 0.3) is 0 Å². The molecule has 0 unspecified atom stereocenters. The first-order valence-corrected chi connectivity index (χ1v) is 12.5. The lowest BCUT2D eigenvalue weighted by atomic mass is 9.90. The molecule has 1 saturated carbocycles. The van der Waals surface area contributed by atoms with Gasteiger partial charge in [-0.2, -0.15) is 4.98 Å². The fraction of sp³-hybridized carbons (Fsp3) is 0.577. The number of carboxylic acid groups (broad SMARTS) is 1. The third-order valence-electron chi connectivity index (χ3n) is 6.89. The van der Waals surface area contributed by atoms with Gasteiger partial charge in [0, 0.05) is 38.3 Å². The summed E-state index contributed by atoms with van der Waals surface area (Å²) >= 11 is 0. The third-order valence-corrected chi connectivity index (χ3v) is 6.89. The molecule has 2 aliphatic rings. The Labute approximate surface area is 202 Å². The fourth-order valence-corrected chi connectivity index (χ4v) is 5.08. The highest BCUT2D eigenvalue weighted by Crippen LogP contribution is 2.30. The van der Waals surface area contributed by atoms with Crippen molar-refractivity contribution in [3.05, 3.63) is 47.2 Å². The highest BCUT2D eigenvalue weighted by atomic mass is 16.5. The maximum absolute atomic E-state index is 11.9. The minimum Gasteiger partial charge on any atom is -0.465 e. The molecule has 8 nitrogen and oxygen atoms in total. The molecule has 0 aliphatic heterocycles. The first kappa shape index (κ1) is 24.3. The highest BCUT2D eigenvalue weighted by molar-refractivity contribution is 5.65. The van der Waals surface area contributed by atoms with Crippen molar-refractivity contribution in [3.63, 3.8) is 0 Å². The van der Waals surface area contributed by atoms with Crippen LogP contribution in [0, 0.1) is 0 Å². The summed E-state index contributed by atoms with van der Waals surface area (Å²) in [5.41, 5.74) is 3.56. The summed E-state index contributed by atoms with van der Waals surface area (Å²) in [4.78, 5) is 25.2. The Morgan fingerprint density at radius 1 is 1.09 bits per heavy atom. The van der Waals surface area contributed by atoms with Crippen molar-refractivity contribution in [2.45, 2.75) is 70.1 Å². The molecule has 0 spiro atoms. The Morgan fingerprint density at radius 2 is 1.82 bits per heavy atom. The topological polar surface area (TPSA) is 90.8 Å². The standard InChI is InChI=1S/C26H37N5O3/c1-30(2)24-22-10-6-7-11-23(22)28-25(29-24)27-20-12-14-21(15-13-20)31(26(32)33)16-17-34-18-19-8-4-3-5-9-19/h3-5,8-9,20-21H,6-7,10-18H2,1-2H3,(H,32,33)(H,27,28,29). The van der Waals surface area contributed by atoms with Gasteiger partial charge in [-0.25, -0.2) is 9.78 Å². The summed E-state index contributed by atoms with van der Waals surface area (Å²) in [5.74, 6) is 1.73. The van der Waals surface area contributed by atoms with E-state index in [1.165, 1.54) is 24.1 Å². The number of amides is 1. The number of ether oxygens (including phenoxy) is 1. The molecule has 1 amide bonds. The normalized spacial score (nSPS) is 19.8. The molecule has 1 heterocycles. The van der Waals surface area contributed by atoms with E-state index in [4.69, 9.17) is 14.7 Å². The Bertz CT molecular complexity index is 945. The van der Waals surface area contributed by atoms with Gasteiger partial charge in [-0.1, -0.05) is 30.3 Å². The van der Waals surface area contributed by atoms with Gasteiger partial charge in [0.1, 0.15) is 5.82 Å². The predicted molar refractivity (Wildman–Crippen MR) is 133 cm³/mol. The van der Waals surface area contributed by atoms with Crippen LogP contribution in [0.3, 0.4) is 0 Å². The number of hydrogen-bond acceptors (Lipinski definition) is 6. The molecule has 2 aromatic rings. The van der Waals surface area contributed by atoms with Crippen LogP contribution in [0.5, 0.6) is 0 Å². The zero-order valence-corrected chi connectivity index (χ0v) is 20.4. The number of rotatable bonds is 9. The summed E-state index contributed by atoms with van der Waals surface area (Å²) in [5, 5.41) is 13.3. The number of benzene rings is 1. The van der Waals surface area contributed by atoms with Crippen LogP contribution < -0.4 is 10.2 Å². The minimum atomic E-state index is -0.867. The van der Waals surface area contributed by atoms with Crippen LogP contribution in [-0.2, 0) is 24.2 Å². The van der Waals surface area contributed by atoms with E-state index in [1.54, 1.807) is 4.90 Å². The van der Waals surface area contributed by atoms with Crippen molar-refractivity contribution in [1.82, 2.24) is 14.9 Å². The SMILES string of the molecule is CN(C)c1nc(NC2CCC(N(CCOCc3ccccc3)C(=O)O)CC2)nc2c1CCCC2. The van der Waals surface area contributed by atoms with Crippen LogP contribution in [0.2, 0.25) is 0 Å². The Hall–Kier alpha value is -2.87. The van der Waals surface area contributed by atoms with Gasteiger partial charge >= 0.3 is 6.09 Å². The molecule has 0 radical (unpaired) electrons. The molecule has 2 aliphatic carbocycles. The molecule has 2 N–H and O–H groups in total. The first-order chi connectivity index (χ1) is 16.5. The molecule has 8 heteroatoms. The van der Waals surface area contributed by atoms with Gasteiger partial charge in [-0.15, -0.1) is 0 Å². The summed E-state index contributed by atoms with van der Waals surface area (Å²) < 4.78 is 5.73. The van der Waals surface area contributed by atoms with Crippen molar-refractivity contribution >= 4 is 17.9 Å². The number of carbonyl (C=O) groups is 1. The van der Waals surface area contributed by atoms with Gasteiger partial charge in [0.05, 0.1) is 18.9 Å². The van der Waals surface area contributed by atoms with E-state index in [2.05, 4.69) is 10.2 Å². The van der Waals surface area contributed by atoms with Gasteiger partial charge < -0.3 is 25.0 Å². The second-order valence-electron chi connectivity index (χ2n) is 9.56. The van der Waals surface area contributed by atoms with Crippen molar-refractivity contribution < 1.29 is 14.6 Å². The predicted octanol–water partition coefficient (Wildman–Crippen LogP) is 4.34. The highest BCUT2D eigenvalue weighted by Gasteiger charge is 2.29. The zero-order chi connectivity index (χ0) is 23.9. The van der Waals surface area contributed by atoms with Gasteiger partial charge in [0.15, 0.2) is 0 Å². The van der Waals surface area contributed by atoms with Crippen LogP contribution in [-0.4, -0.2) is 65.4 Å². The third kappa shape index (κ3) is 6.17. The lowest BCUT2D eigenvalue weighted by molar-refractivity contribution is 0.0636. The molecule has 4 rings (SSSR count). The average Bonchev–Trinajstić information content (AvgIpc) is 2.84. The van der Waals surface area contributed by atoms with Gasteiger partial charge in [-0.05, 0) is 56.9 Å². The first-order valence-electron chi connectivity index (χ1n) is 12.5. The average molecular weight is 468 g/mol. The largest absolute Gasteiger partial charge is 0.465 e. The van der Waals surface area contributed by atoms with Crippen LogP contribution in [0.1, 0.15) is 55.3 Å². The van der Waals surface area contributed by atoms with Crippen molar-refractivity contribution in [2.75, 3.05) is 37.5 Å². The molecule has 184 valence electrons. The van der Waals surface area contributed by atoms with E-state index >= 15 is 0 Å². The van der Waals surface area contributed by atoms with Crippen molar-refractivity contribution in [2.24, 2.45) is 0 Å². The molecular weight excluding hydrogens is 430 g/mol. The van der Waals surface area contributed by atoms with Gasteiger partial charge in [-0.3, -0.25) is 0 Å². The molecule has 34 heavy (non-hydrogen) atoms. The van der Waals surface area contributed by atoms with E-state index in [0.717, 1.165) is 49.9 Å². The van der Waals surface area contributed by atoms with E-state index in [1.807, 2.05) is 44.4 Å². The Kier molecular flexibility index (Phi) is 8.21. The van der Waals surface area contributed by atoms with Crippen molar-refractivity contribution in [3.8, 4) is 0 Å². The number of nitrogens with one attached hydrogen (secondary N) is 1. The second-order valence-corrected chi connectivity index (χ2v) is 9.56. The van der Waals surface area contributed by atoms with E-state index in [-0.39, 0.29) is 12.1 Å². The molecule has 0 bridgehead atoms. The monoisotopic (exact) mass is 467 g/mol. The van der Waals surface area contributed by atoms with Crippen LogP contribution in [0.15, 0.2) is 30.3 Å². The van der Waals surface area contributed by atoms with E-state index in [9.17, 15) is 9.90 Å². The lowest BCUT2D eigenvalue weighted by Crippen LogP contribution is -2.45. The second kappa shape index (κ2) is 11.5. The molecular formula is C26H37N5O3. The summed E-state index contributed by atoms with van der Waals surface area (Å²) in [6.07, 6.45) is 7.03. The van der Waals surface area contributed by atoms with E-state index < -0.39 is 6.09 Å². The smallest absolute Gasteiger partial charge is 0.407 e. The van der Waals surface area contributed by atoms with Crippen LogP contribution >= 0.6 is 0 Å². The molecule has 0 saturated heterocycles. The fourth-order valence-electron chi connectivity index (χ4n) is 5.08. The number of anilines is 2. The molecule has 1 fully saturated rings.